The molecule has 27 heavy (non-hydrogen) atoms. The maximum atomic E-state index is 12.6. The number of carbonyl (C=O) groups is 2. The zero-order valence-corrected chi connectivity index (χ0v) is 15.5. The van der Waals surface area contributed by atoms with E-state index in [1.54, 1.807) is 0 Å². The van der Waals surface area contributed by atoms with Gasteiger partial charge in [-0.05, 0) is 56.2 Å². The maximum Gasteiger partial charge on any atom is 0.242 e. The zero-order chi connectivity index (χ0) is 18.6. The van der Waals surface area contributed by atoms with E-state index in [-0.39, 0.29) is 23.8 Å². The molecule has 1 aromatic heterocycles. The molecule has 0 bridgehead atoms. The summed E-state index contributed by atoms with van der Waals surface area (Å²) in [6.45, 7) is 1.28. The third-order valence-electron chi connectivity index (χ3n) is 5.38. The number of benzene rings is 1. The minimum atomic E-state index is -0.293. The van der Waals surface area contributed by atoms with Crippen LogP contribution in [0.3, 0.4) is 0 Å². The minimum absolute atomic E-state index is 0.0147. The van der Waals surface area contributed by atoms with Crippen LogP contribution in [0.5, 0.6) is 0 Å². The number of amides is 2. The van der Waals surface area contributed by atoms with Crippen LogP contribution in [-0.4, -0.2) is 45.6 Å². The number of nitrogens with zero attached hydrogens (tertiary/aromatic N) is 3. The molecule has 6 heteroatoms. The molecule has 142 valence electrons. The van der Waals surface area contributed by atoms with Crippen LogP contribution in [0.4, 0.5) is 0 Å². The first-order valence-corrected chi connectivity index (χ1v) is 9.89. The van der Waals surface area contributed by atoms with E-state index in [9.17, 15) is 9.59 Å². The van der Waals surface area contributed by atoms with Gasteiger partial charge in [-0.15, -0.1) is 0 Å². The molecule has 0 spiro atoms. The van der Waals surface area contributed by atoms with Crippen LogP contribution < -0.4 is 5.32 Å². The van der Waals surface area contributed by atoms with Gasteiger partial charge in [0.15, 0.2) is 0 Å². The summed E-state index contributed by atoms with van der Waals surface area (Å²) in [6.07, 6.45) is 9.30. The monoisotopic (exact) mass is 366 g/mol. The van der Waals surface area contributed by atoms with Crippen molar-refractivity contribution in [3.05, 3.63) is 48.3 Å². The van der Waals surface area contributed by atoms with Crippen LogP contribution in [-0.2, 0) is 16.0 Å². The summed E-state index contributed by atoms with van der Waals surface area (Å²) < 4.78 is 1.84. The van der Waals surface area contributed by atoms with Crippen molar-refractivity contribution in [2.75, 3.05) is 13.1 Å². The fourth-order valence-corrected chi connectivity index (χ4v) is 3.69. The van der Waals surface area contributed by atoms with Gasteiger partial charge in [-0.3, -0.25) is 9.59 Å². The van der Waals surface area contributed by atoms with Crippen LogP contribution in [0.25, 0.3) is 5.69 Å². The molecule has 2 aliphatic rings. The molecule has 2 heterocycles. The maximum absolute atomic E-state index is 12.6. The lowest BCUT2D eigenvalue weighted by Gasteiger charge is -2.34. The number of para-hydroxylation sites is 1. The molecule has 2 aromatic rings. The Balaban J connectivity index is 1.30. The fraction of sp³-hybridized carbons (Fsp3) is 0.476. The van der Waals surface area contributed by atoms with Gasteiger partial charge in [-0.1, -0.05) is 18.2 Å². The second-order valence-electron chi connectivity index (χ2n) is 7.49. The SMILES string of the molecule is O=C(NCCc1cnn(-c2ccccc2)c1)[C@H]1CCCCN1C(=O)C1CC1. The third kappa shape index (κ3) is 4.21. The molecule has 2 amide bonds. The van der Waals surface area contributed by atoms with Gasteiger partial charge in [-0.2, -0.15) is 5.10 Å². The number of hydrogen-bond donors (Lipinski definition) is 1. The first-order chi connectivity index (χ1) is 13.2. The number of piperidine rings is 1. The largest absolute Gasteiger partial charge is 0.354 e. The molecule has 1 N–H and O–H groups in total. The highest BCUT2D eigenvalue weighted by Crippen LogP contribution is 2.33. The Bertz CT molecular complexity index is 798. The van der Waals surface area contributed by atoms with Gasteiger partial charge in [0.1, 0.15) is 6.04 Å². The Morgan fingerprint density at radius 2 is 1.93 bits per heavy atom. The number of hydrogen-bond acceptors (Lipinski definition) is 3. The van der Waals surface area contributed by atoms with Crippen molar-refractivity contribution >= 4 is 11.8 Å². The lowest BCUT2D eigenvalue weighted by molar-refractivity contribution is -0.143. The van der Waals surface area contributed by atoms with Crippen LogP contribution in [0.15, 0.2) is 42.7 Å². The predicted octanol–water partition coefficient (Wildman–Crippen LogP) is 2.32. The smallest absolute Gasteiger partial charge is 0.242 e. The lowest BCUT2D eigenvalue weighted by Crippen LogP contribution is -2.52. The van der Waals surface area contributed by atoms with Crippen LogP contribution >= 0.6 is 0 Å². The van der Waals surface area contributed by atoms with E-state index in [0.717, 1.165) is 56.3 Å². The molecule has 0 unspecified atom stereocenters. The van der Waals surface area contributed by atoms with Crippen molar-refractivity contribution < 1.29 is 9.59 Å². The average molecular weight is 366 g/mol. The van der Waals surface area contributed by atoms with Crippen molar-refractivity contribution in [3.8, 4) is 5.69 Å². The van der Waals surface area contributed by atoms with Gasteiger partial charge < -0.3 is 10.2 Å². The van der Waals surface area contributed by atoms with Gasteiger partial charge in [0.2, 0.25) is 11.8 Å². The third-order valence-corrected chi connectivity index (χ3v) is 5.38. The van der Waals surface area contributed by atoms with Crippen LogP contribution in [0, 0.1) is 5.92 Å². The second kappa shape index (κ2) is 7.94. The molecule has 1 aliphatic heterocycles. The Labute approximate surface area is 159 Å². The molecular formula is C21H26N4O2. The van der Waals surface area contributed by atoms with Crippen molar-refractivity contribution in [2.45, 2.75) is 44.6 Å². The molecule has 1 saturated carbocycles. The molecule has 1 aromatic carbocycles. The first kappa shape index (κ1) is 17.8. The molecule has 1 atom stereocenters. The highest BCUT2D eigenvalue weighted by atomic mass is 16.2. The summed E-state index contributed by atoms with van der Waals surface area (Å²) in [5.41, 5.74) is 2.10. The van der Waals surface area contributed by atoms with Gasteiger partial charge in [0, 0.05) is 25.2 Å². The Morgan fingerprint density at radius 3 is 2.70 bits per heavy atom. The molecular weight excluding hydrogens is 340 g/mol. The van der Waals surface area contributed by atoms with E-state index in [1.807, 2.05) is 52.3 Å². The average Bonchev–Trinajstić information content (AvgIpc) is 3.46. The summed E-state index contributed by atoms with van der Waals surface area (Å²) in [5, 5.41) is 7.41. The van der Waals surface area contributed by atoms with Gasteiger partial charge in [0.25, 0.3) is 0 Å². The Hall–Kier alpha value is -2.63. The Morgan fingerprint density at radius 1 is 1.11 bits per heavy atom. The highest BCUT2D eigenvalue weighted by molar-refractivity contribution is 5.89. The molecule has 1 aliphatic carbocycles. The highest BCUT2D eigenvalue weighted by Gasteiger charge is 2.39. The van der Waals surface area contributed by atoms with Crippen molar-refractivity contribution in [3.63, 3.8) is 0 Å². The molecule has 2 fully saturated rings. The summed E-state index contributed by atoms with van der Waals surface area (Å²) in [7, 11) is 0. The quantitative estimate of drug-likeness (QED) is 0.853. The number of nitrogens with one attached hydrogen (secondary N) is 1. The van der Waals surface area contributed by atoms with Gasteiger partial charge in [0.05, 0.1) is 11.9 Å². The standard InChI is InChI=1S/C21H26N4O2/c26-20(19-8-4-5-13-24(19)21(27)17-9-10-17)22-12-11-16-14-23-25(15-16)18-6-2-1-3-7-18/h1-3,6-7,14-15,17,19H,4-5,8-13H2,(H,22,26)/t19-/m1/s1. The summed E-state index contributed by atoms with van der Waals surface area (Å²) in [5.74, 6) is 0.334. The molecule has 1 saturated heterocycles. The van der Waals surface area contributed by atoms with Gasteiger partial charge >= 0.3 is 0 Å². The van der Waals surface area contributed by atoms with Crippen LogP contribution in [0.2, 0.25) is 0 Å². The van der Waals surface area contributed by atoms with E-state index in [2.05, 4.69) is 10.4 Å². The van der Waals surface area contributed by atoms with Crippen molar-refractivity contribution in [1.82, 2.24) is 20.0 Å². The normalized spacial score (nSPS) is 19.7. The van der Waals surface area contributed by atoms with E-state index in [0.29, 0.717) is 6.54 Å². The first-order valence-electron chi connectivity index (χ1n) is 9.89. The topological polar surface area (TPSA) is 67.2 Å². The van der Waals surface area contributed by atoms with E-state index in [1.165, 1.54) is 0 Å². The fourth-order valence-electron chi connectivity index (χ4n) is 3.69. The van der Waals surface area contributed by atoms with E-state index < -0.39 is 0 Å². The summed E-state index contributed by atoms with van der Waals surface area (Å²) in [6, 6.07) is 9.66. The number of carbonyl (C=O) groups excluding carboxylic acids is 2. The molecule has 0 radical (unpaired) electrons. The van der Waals surface area contributed by atoms with E-state index in [4.69, 9.17) is 0 Å². The summed E-state index contributed by atoms with van der Waals surface area (Å²) in [4.78, 5) is 26.9. The molecule has 4 rings (SSSR count). The van der Waals surface area contributed by atoms with E-state index >= 15 is 0 Å². The minimum Gasteiger partial charge on any atom is -0.354 e. The molecule has 6 nitrogen and oxygen atoms in total. The van der Waals surface area contributed by atoms with Crippen molar-refractivity contribution in [1.29, 1.82) is 0 Å². The number of likely N-dealkylation sites (tertiary alicyclic amines) is 1. The lowest BCUT2D eigenvalue weighted by atomic mass is 10.0. The van der Waals surface area contributed by atoms with Crippen molar-refractivity contribution in [2.24, 2.45) is 5.92 Å². The number of rotatable bonds is 6. The summed E-state index contributed by atoms with van der Waals surface area (Å²) >= 11 is 0. The number of aromatic nitrogens is 2. The van der Waals surface area contributed by atoms with Gasteiger partial charge in [-0.25, -0.2) is 4.68 Å². The Kier molecular flexibility index (Phi) is 5.23. The predicted molar refractivity (Wildman–Crippen MR) is 102 cm³/mol. The van der Waals surface area contributed by atoms with Crippen LogP contribution in [0.1, 0.15) is 37.7 Å². The zero-order valence-electron chi connectivity index (χ0n) is 15.5. The second-order valence-corrected chi connectivity index (χ2v) is 7.49.